The minimum Gasteiger partial charge on any atom is -0.351 e. The Morgan fingerprint density at radius 2 is 2.42 bits per heavy atom. The second-order valence-electron chi connectivity index (χ2n) is 3.36. The lowest BCUT2D eigenvalue weighted by Gasteiger charge is -1.81. The maximum atomic E-state index is 7.86. The van der Waals surface area contributed by atoms with Crippen molar-refractivity contribution in [3.63, 3.8) is 0 Å². The van der Waals surface area contributed by atoms with Crippen LogP contribution in [0.4, 0.5) is 0 Å². The first kappa shape index (κ1) is 17.0. The van der Waals surface area contributed by atoms with Crippen molar-refractivity contribution in [2.45, 2.75) is 13.5 Å². The first-order valence-electron chi connectivity index (χ1n) is 5.80. The zero-order chi connectivity index (χ0) is 14.3. The number of imidazole rings is 2. The largest absolute Gasteiger partial charge is 0.351 e. The van der Waals surface area contributed by atoms with E-state index in [1.165, 1.54) is 11.8 Å². The van der Waals surface area contributed by atoms with Crippen molar-refractivity contribution < 1.29 is 4.57 Å². The van der Waals surface area contributed by atoms with E-state index >= 15 is 0 Å². The topological polar surface area (TPSA) is 61.3 Å². The van der Waals surface area contributed by atoms with E-state index in [0.29, 0.717) is 0 Å². The fourth-order valence-electron chi connectivity index (χ4n) is 1.00. The van der Waals surface area contributed by atoms with Crippen molar-refractivity contribution in [3.05, 3.63) is 50.1 Å². The summed E-state index contributed by atoms with van der Waals surface area (Å²) < 4.78 is 4.16. The molecule has 1 N–H and O–H groups in total. The van der Waals surface area contributed by atoms with E-state index in [1.54, 1.807) is 24.8 Å². The SMILES string of the molecule is C=CCSC#N.CC[n+]1ccn(C)c1.c1c[nH]cn1. The summed E-state index contributed by atoms with van der Waals surface area (Å²) in [6.45, 7) is 6.61. The summed E-state index contributed by atoms with van der Waals surface area (Å²) in [7, 11) is 2.02. The molecule has 0 bridgehead atoms. The van der Waals surface area contributed by atoms with Gasteiger partial charge in [0.25, 0.3) is 0 Å². The van der Waals surface area contributed by atoms with Gasteiger partial charge in [0.05, 0.1) is 19.9 Å². The second-order valence-corrected chi connectivity index (χ2v) is 4.17. The summed E-state index contributed by atoms with van der Waals surface area (Å²) in [5.74, 6) is 0.733. The number of aromatic nitrogens is 4. The highest BCUT2D eigenvalue weighted by Crippen LogP contribution is 1.92. The number of rotatable bonds is 3. The highest BCUT2D eigenvalue weighted by atomic mass is 32.2. The molecule has 0 saturated heterocycles. The lowest BCUT2D eigenvalue weighted by molar-refractivity contribution is -0.693. The molecule has 0 aliphatic heterocycles. The number of aromatic amines is 1. The molecule has 0 aliphatic carbocycles. The van der Waals surface area contributed by atoms with Gasteiger partial charge in [0.15, 0.2) is 0 Å². The van der Waals surface area contributed by atoms with Gasteiger partial charge < -0.3 is 4.98 Å². The normalized spacial score (nSPS) is 8.26. The van der Waals surface area contributed by atoms with Crippen LogP contribution in [-0.4, -0.2) is 20.3 Å². The Morgan fingerprint density at radius 3 is 2.63 bits per heavy atom. The van der Waals surface area contributed by atoms with E-state index in [4.69, 9.17) is 5.26 Å². The first-order valence-corrected chi connectivity index (χ1v) is 6.78. The predicted molar refractivity (Wildman–Crippen MR) is 78.1 cm³/mol. The summed E-state index contributed by atoms with van der Waals surface area (Å²) in [4.78, 5) is 6.42. The summed E-state index contributed by atoms with van der Waals surface area (Å²) in [6.07, 6.45) is 12.9. The first-order chi connectivity index (χ1) is 9.24. The molecule has 6 heteroatoms. The third kappa shape index (κ3) is 10.9. The number of aryl methyl sites for hydroxylation is 2. The fourth-order valence-corrected chi connectivity index (χ4v) is 1.19. The summed E-state index contributed by atoms with van der Waals surface area (Å²) >= 11 is 1.20. The second kappa shape index (κ2) is 12.5. The molecule has 0 amide bonds. The Hall–Kier alpha value is -2.00. The molecule has 2 rings (SSSR count). The lowest BCUT2D eigenvalue weighted by Crippen LogP contribution is -2.28. The van der Waals surface area contributed by atoms with Crippen LogP contribution in [0.3, 0.4) is 0 Å². The molecule has 0 spiro atoms. The van der Waals surface area contributed by atoms with Crippen LogP contribution in [0, 0.1) is 10.7 Å². The number of thiocyanates is 1. The van der Waals surface area contributed by atoms with Gasteiger partial charge in [-0.25, -0.2) is 14.1 Å². The van der Waals surface area contributed by atoms with E-state index in [2.05, 4.69) is 40.6 Å². The van der Waals surface area contributed by atoms with Crippen molar-refractivity contribution in [1.82, 2.24) is 14.5 Å². The monoisotopic (exact) mass is 278 g/mol. The van der Waals surface area contributed by atoms with E-state index in [0.717, 1.165) is 12.3 Å². The Bertz CT molecular complexity index is 438. The zero-order valence-electron chi connectivity index (χ0n) is 11.4. The standard InChI is InChI=1S/C6H11N2.C4H5NS.C3H4N2/c1-3-8-5-4-7(2)6-8;1-2-3-6-4-5;1-2-5-3-4-1/h4-6H,3H2,1-2H3;2H,1,3H2;1-3H,(H,4,5)/q+1;;. The summed E-state index contributed by atoms with van der Waals surface area (Å²) in [5.41, 5.74) is 0. The van der Waals surface area contributed by atoms with Gasteiger partial charge in [0.1, 0.15) is 17.8 Å². The zero-order valence-corrected chi connectivity index (χ0v) is 12.2. The third-order valence-electron chi connectivity index (χ3n) is 1.86. The molecule has 102 valence electrons. The summed E-state index contributed by atoms with van der Waals surface area (Å²) in [6, 6.07) is 0. The van der Waals surface area contributed by atoms with Gasteiger partial charge in [0, 0.05) is 18.1 Å². The molecule has 0 unspecified atom stereocenters. The van der Waals surface area contributed by atoms with Crippen LogP contribution in [0.15, 0.2) is 50.1 Å². The van der Waals surface area contributed by atoms with Gasteiger partial charge in [-0.3, -0.25) is 0 Å². The molecule has 0 fully saturated rings. The van der Waals surface area contributed by atoms with Crippen molar-refractivity contribution >= 4 is 11.8 Å². The van der Waals surface area contributed by atoms with E-state index in [1.807, 2.05) is 23.2 Å². The molecule has 0 radical (unpaired) electrons. The predicted octanol–water partition coefficient (Wildman–Crippen LogP) is 2.13. The smallest absolute Gasteiger partial charge is 0.243 e. The number of nitrogens with zero attached hydrogens (tertiary/aromatic N) is 4. The van der Waals surface area contributed by atoms with Gasteiger partial charge in [0.2, 0.25) is 6.33 Å². The van der Waals surface area contributed by atoms with Crippen LogP contribution in [0.2, 0.25) is 0 Å². The molecule has 5 nitrogen and oxygen atoms in total. The molecule has 19 heavy (non-hydrogen) atoms. The number of nitrogens with one attached hydrogen (secondary N) is 1. The maximum absolute atomic E-state index is 7.86. The number of thioether (sulfide) groups is 1. The molecular formula is C13H20N5S+. The molecule has 2 aromatic heterocycles. The van der Waals surface area contributed by atoms with Crippen molar-refractivity contribution in [2.75, 3.05) is 5.75 Å². The number of H-pyrrole nitrogens is 1. The van der Waals surface area contributed by atoms with Gasteiger partial charge in [-0.05, 0) is 18.7 Å². The van der Waals surface area contributed by atoms with Crippen LogP contribution in [0.5, 0.6) is 0 Å². The minimum atomic E-state index is 0.733. The van der Waals surface area contributed by atoms with E-state index in [-0.39, 0.29) is 0 Å². The Labute approximate surface area is 118 Å². The molecule has 0 aliphatic rings. The molecule has 0 atom stereocenters. The van der Waals surface area contributed by atoms with Crippen LogP contribution in [-0.2, 0) is 13.6 Å². The molecule has 2 aromatic rings. The van der Waals surface area contributed by atoms with Gasteiger partial charge >= 0.3 is 0 Å². The maximum Gasteiger partial charge on any atom is 0.243 e. The van der Waals surface area contributed by atoms with Crippen LogP contribution >= 0.6 is 11.8 Å². The van der Waals surface area contributed by atoms with Gasteiger partial charge in [-0.15, -0.1) is 6.58 Å². The number of hydrogen-bond donors (Lipinski definition) is 1. The Balaban J connectivity index is 0.000000264. The molecule has 0 aromatic carbocycles. The van der Waals surface area contributed by atoms with Crippen molar-refractivity contribution in [2.24, 2.45) is 7.05 Å². The van der Waals surface area contributed by atoms with Gasteiger partial charge in [-0.2, -0.15) is 5.26 Å². The molecule has 2 heterocycles. The van der Waals surface area contributed by atoms with Crippen LogP contribution < -0.4 is 4.57 Å². The van der Waals surface area contributed by atoms with E-state index < -0.39 is 0 Å². The molecular weight excluding hydrogens is 258 g/mol. The average molecular weight is 278 g/mol. The minimum absolute atomic E-state index is 0.733. The van der Waals surface area contributed by atoms with Crippen molar-refractivity contribution in [1.29, 1.82) is 5.26 Å². The number of hydrogen-bond acceptors (Lipinski definition) is 3. The van der Waals surface area contributed by atoms with Crippen molar-refractivity contribution in [3.8, 4) is 5.40 Å². The summed E-state index contributed by atoms with van der Waals surface area (Å²) in [5, 5.41) is 9.78. The number of nitriles is 1. The fraction of sp³-hybridized carbons (Fsp3) is 0.308. The highest BCUT2D eigenvalue weighted by Gasteiger charge is 1.92. The van der Waals surface area contributed by atoms with Crippen LogP contribution in [0.1, 0.15) is 6.92 Å². The van der Waals surface area contributed by atoms with Gasteiger partial charge in [-0.1, -0.05) is 6.08 Å². The van der Waals surface area contributed by atoms with E-state index in [9.17, 15) is 0 Å². The lowest BCUT2D eigenvalue weighted by atomic mass is 10.7. The third-order valence-corrected chi connectivity index (χ3v) is 2.39. The average Bonchev–Trinajstić information content (AvgIpc) is 3.11. The Kier molecular flexibility index (Phi) is 11.1. The quantitative estimate of drug-likeness (QED) is 0.405. The molecule has 0 saturated carbocycles. The Morgan fingerprint density at radius 1 is 1.63 bits per heavy atom. The van der Waals surface area contributed by atoms with Crippen LogP contribution in [0.25, 0.3) is 0 Å². The highest BCUT2D eigenvalue weighted by molar-refractivity contribution is 8.03.